The van der Waals surface area contributed by atoms with Crippen molar-refractivity contribution in [2.75, 3.05) is 13.2 Å². The molecule has 2 rings (SSSR count). The first-order valence-electron chi connectivity index (χ1n) is 4.51. The minimum absolute atomic E-state index is 0.00782. The predicted molar refractivity (Wildman–Crippen MR) is 43.3 cm³/mol. The Morgan fingerprint density at radius 3 is 2.92 bits per heavy atom. The van der Waals surface area contributed by atoms with Crippen molar-refractivity contribution in [2.45, 2.75) is 31.2 Å². The number of nitrogens with one attached hydrogen (secondary N) is 2. The molecule has 12 heavy (non-hydrogen) atoms. The summed E-state index contributed by atoms with van der Waals surface area (Å²) in [5, 5.41) is 3.29. The fraction of sp³-hybridized carbons (Fsp3) is 0.875. The van der Waals surface area contributed by atoms with Gasteiger partial charge in [-0.15, -0.1) is 0 Å². The van der Waals surface area contributed by atoms with Crippen molar-refractivity contribution in [3.05, 3.63) is 0 Å². The number of hydrogen-bond acceptors (Lipinski definition) is 3. The molecule has 0 aromatic heterocycles. The van der Waals surface area contributed by atoms with Crippen molar-refractivity contribution in [1.29, 1.82) is 0 Å². The minimum Gasteiger partial charge on any atom is -0.303 e. The standard InChI is InChI=1S/C8H14N2O2/c11-7-8(4-6-12-10-7)3-1-2-5-9-8/h9H,1-6H2,(H,10,11). The highest BCUT2D eigenvalue weighted by atomic mass is 16.7. The zero-order valence-electron chi connectivity index (χ0n) is 7.06. The smallest absolute Gasteiger partial charge is 0.263 e. The molecule has 0 aromatic carbocycles. The number of amides is 1. The number of carbonyl (C=O) groups is 1. The summed E-state index contributed by atoms with van der Waals surface area (Å²) >= 11 is 0. The van der Waals surface area contributed by atoms with Crippen LogP contribution in [-0.4, -0.2) is 24.6 Å². The van der Waals surface area contributed by atoms with Crippen molar-refractivity contribution in [1.82, 2.24) is 10.8 Å². The van der Waals surface area contributed by atoms with E-state index in [2.05, 4.69) is 10.8 Å². The summed E-state index contributed by atoms with van der Waals surface area (Å²) in [6.45, 7) is 1.58. The molecular formula is C8H14N2O2. The lowest BCUT2D eigenvalue weighted by atomic mass is 9.85. The lowest BCUT2D eigenvalue weighted by Gasteiger charge is -2.39. The molecular weight excluding hydrogens is 156 g/mol. The van der Waals surface area contributed by atoms with Gasteiger partial charge in [0, 0.05) is 6.42 Å². The highest BCUT2D eigenvalue weighted by Crippen LogP contribution is 2.25. The molecule has 2 fully saturated rings. The lowest BCUT2D eigenvalue weighted by molar-refractivity contribution is -0.151. The molecule has 0 bridgehead atoms. The van der Waals surface area contributed by atoms with Crippen LogP contribution in [0, 0.1) is 0 Å². The quantitative estimate of drug-likeness (QED) is 0.536. The van der Waals surface area contributed by atoms with Gasteiger partial charge >= 0.3 is 0 Å². The molecule has 1 atom stereocenters. The van der Waals surface area contributed by atoms with Crippen molar-refractivity contribution in [2.24, 2.45) is 0 Å². The highest BCUT2D eigenvalue weighted by Gasteiger charge is 2.41. The van der Waals surface area contributed by atoms with E-state index in [1.165, 1.54) is 6.42 Å². The van der Waals surface area contributed by atoms with Crippen LogP contribution in [0.4, 0.5) is 0 Å². The molecule has 4 heteroatoms. The molecule has 2 N–H and O–H groups in total. The Bertz CT molecular complexity index is 179. The minimum atomic E-state index is -0.309. The van der Waals surface area contributed by atoms with Crippen LogP contribution in [0.5, 0.6) is 0 Å². The van der Waals surface area contributed by atoms with Gasteiger partial charge in [-0.3, -0.25) is 9.63 Å². The summed E-state index contributed by atoms with van der Waals surface area (Å²) in [5.41, 5.74) is 2.13. The summed E-state index contributed by atoms with van der Waals surface area (Å²) in [6.07, 6.45) is 4.07. The van der Waals surface area contributed by atoms with Gasteiger partial charge in [0.25, 0.3) is 5.91 Å². The third kappa shape index (κ3) is 1.21. The van der Waals surface area contributed by atoms with Crippen LogP contribution in [0.3, 0.4) is 0 Å². The van der Waals surface area contributed by atoms with E-state index in [9.17, 15) is 4.79 Å². The monoisotopic (exact) mass is 170 g/mol. The van der Waals surface area contributed by atoms with E-state index in [1.54, 1.807) is 0 Å². The molecule has 1 amide bonds. The van der Waals surface area contributed by atoms with Crippen LogP contribution in [0.2, 0.25) is 0 Å². The van der Waals surface area contributed by atoms with Crippen LogP contribution in [0.15, 0.2) is 0 Å². The Hall–Kier alpha value is -0.610. The van der Waals surface area contributed by atoms with Gasteiger partial charge in [0.15, 0.2) is 0 Å². The van der Waals surface area contributed by atoms with E-state index < -0.39 is 0 Å². The first-order valence-corrected chi connectivity index (χ1v) is 4.51. The molecule has 0 aromatic rings. The topological polar surface area (TPSA) is 50.4 Å². The van der Waals surface area contributed by atoms with E-state index in [0.29, 0.717) is 6.61 Å². The molecule has 68 valence electrons. The van der Waals surface area contributed by atoms with Gasteiger partial charge in [-0.25, -0.2) is 5.48 Å². The van der Waals surface area contributed by atoms with Gasteiger partial charge in [0.2, 0.25) is 0 Å². The maximum absolute atomic E-state index is 11.5. The number of rotatable bonds is 0. The summed E-state index contributed by atoms with van der Waals surface area (Å²) in [5.74, 6) is 0.00782. The Labute approximate surface area is 71.6 Å². The van der Waals surface area contributed by atoms with E-state index in [-0.39, 0.29) is 11.4 Å². The molecule has 4 nitrogen and oxygen atoms in total. The average Bonchev–Trinajstić information content (AvgIpc) is 2.12. The molecule has 2 aliphatic heterocycles. The number of hydrogen-bond donors (Lipinski definition) is 2. The second-order valence-electron chi connectivity index (χ2n) is 3.50. The fourth-order valence-corrected chi connectivity index (χ4v) is 1.93. The SMILES string of the molecule is O=C1NOCCC12CCCCN2. The van der Waals surface area contributed by atoms with Crippen LogP contribution < -0.4 is 10.8 Å². The molecule has 0 aliphatic carbocycles. The van der Waals surface area contributed by atoms with Gasteiger partial charge in [-0.1, -0.05) is 0 Å². The molecule has 2 saturated heterocycles. The molecule has 2 aliphatic rings. The highest BCUT2D eigenvalue weighted by molar-refractivity contribution is 5.86. The first-order chi connectivity index (χ1) is 5.83. The molecule has 0 saturated carbocycles. The predicted octanol–water partition coefficient (Wildman–Crippen LogP) is -0.0498. The van der Waals surface area contributed by atoms with Crippen LogP contribution in [0.1, 0.15) is 25.7 Å². The Kier molecular flexibility index (Phi) is 2.02. The van der Waals surface area contributed by atoms with E-state index in [4.69, 9.17) is 4.84 Å². The first kappa shape index (κ1) is 8.01. The second-order valence-corrected chi connectivity index (χ2v) is 3.50. The summed E-state index contributed by atoms with van der Waals surface area (Å²) in [7, 11) is 0. The van der Waals surface area contributed by atoms with E-state index in [1.807, 2.05) is 0 Å². The van der Waals surface area contributed by atoms with Crippen LogP contribution in [-0.2, 0) is 9.63 Å². The largest absolute Gasteiger partial charge is 0.303 e. The van der Waals surface area contributed by atoms with Crippen molar-refractivity contribution < 1.29 is 9.63 Å². The van der Waals surface area contributed by atoms with Crippen molar-refractivity contribution >= 4 is 5.91 Å². The van der Waals surface area contributed by atoms with Crippen LogP contribution >= 0.6 is 0 Å². The fourth-order valence-electron chi connectivity index (χ4n) is 1.93. The van der Waals surface area contributed by atoms with Crippen molar-refractivity contribution in [3.8, 4) is 0 Å². The third-order valence-corrected chi connectivity index (χ3v) is 2.72. The second kappa shape index (κ2) is 3.03. The van der Waals surface area contributed by atoms with Crippen LogP contribution in [0.25, 0.3) is 0 Å². The van der Waals surface area contributed by atoms with Gasteiger partial charge in [0.1, 0.15) is 5.54 Å². The molecule has 1 unspecified atom stereocenters. The maximum atomic E-state index is 11.5. The molecule has 0 radical (unpaired) electrons. The van der Waals surface area contributed by atoms with E-state index in [0.717, 1.165) is 25.8 Å². The maximum Gasteiger partial charge on any atom is 0.263 e. The number of carbonyl (C=O) groups excluding carboxylic acids is 1. The van der Waals surface area contributed by atoms with Gasteiger partial charge in [-0.2, -0.15) is 0 Å². The van der Waals surface area contributed by atoms with E-state index >= 15 is 0 Å². The summed E-state index contributed by atoms with van der Waals surface area (Å²) in [6, 6.07) is 0. The Balaban J connectivity index is 2.09. The lowest BCUT2D eigenvalue weighted by Crippen LogP contribution is -2.62. The van der Waals surface area contributed by atoms with Gasteiger partial charge in [0.05, 0.1) is 6.61 Å². The van der Waals surface area contributed by atoms with Gasteiger partial charge in [-0.05, 0) is 25.8 Å². The normalized spacial score (nSPS) is 36.5. The van der Waals surface area contributed by atoms with Crippen molar-refractivity contribution in [3.63, 3.8) is 0 Å². The zero-order valence-corrected chi connectivity index (χ0v) is 7.06. The molecule has 2 heterocycles. The average molecular weight is 170 g/mol. The zero-order chi connectivity index (χ0) is 8.44. The number of piperidine rings is 1. The third-order valence-electron chi connectivity index (χ3n) is 2.72. The van der Waals surface area contributed by atoms with Gasteiger partial charge < -0.3 is 5.32 Å². The number of hydroxylamine groups is 1. The summed E-state index contributed by atoms with van der Waals surface area (Å²) < 4.78 is 0. The Morgan fingerprint density at radius 1 is 1.33 bits per heavy atom. The molecule has 1 spiro atoms. The summed E-state index contributed by atoms with van der Waals surface area (Å²) in [4.78, 5) is 16.3. The Morgan fingerprint density at radius 2 is 2.25 bits per heavy atom.